The fourth-order valence-corrected chi connectivity index (χ4v) is 4.58. The SMILES string of the molecule is COC(C)(C)CCOC(C)(C)CCC(=O)NC[C@H](NC(=O)CCCCCN1C(=O)C=CC1=O)C(=O)NCCC(=O)Oc1c(F)c(F)c(F)c(F)c1F. The first kappa shape index (κ1) is 43.7. The molecule has 52 heavy (non-hydrogen) atoms. The van der Waals surface area contributed by atoms with Gasteiger partial charge in [-0.3, -0.25) is 33.7 Å². The van der Waals surface area contributed by atoms with Crippen LogP contribution in [-0.2, 0) is 38.2 Å². The van der Waals surface area contributed by atoms with Gasteiger partial charge in [0, 0.05) is 51.7 Å². The number of esters is 1. The molecule has 0 saturated heterocycles. The van der Waals surface area contributed by atoms with Crippen LogP contribution in [0, 0.1) is 29.1 Å². The molecule has 0 spiro atoms. The highest BCUT2D eigenvalue weighted by Crippen LogP contribution is 2.29. The van der Waals surface area contributed by atoms with Gasteiger partial charge in [-0.1, -0.05) is 6.42 Å². The number of hydrogen-bond acceptors (Lipinski definition) is 9. The molecule has 3 N–H and O–H groups in total. The minimum Gasteiger partial charge on any atom is -0.420 e. The van der Waals surface area contributed by atoms with E-state index in [-0.39, 0.29) is 25.9 Å². The first-order valence-electron chi connectivity index (χ1n) is 16.6. The van der Waals surface area contributed by atoms with Gasteiger partial charge in [-0.05, 0) is 53.4 Å². The van der Waals surface area contributed by atoms with Crippen LogP contribution in [0.1, 0.15) is 79.1 Å². The summed E-state index contributed by atoms with van der Waals surface area (Å²) < 4.78 is 83.5. The Morgan fingerprint density at radius 3 is 1.94 bits per heavy atom. The second-order valence-corrected chi connectivity index (χ2v) is 13.1. The van der Waals surface area contributed by atoms with Crippen molar-refractivity contribution in [2.45, 2.75) is 96.3 Å². The Balaban J connectivity index is 1.94. The monoisotopic (exact) mass is 748 g/mol. The fraction of sp³-hybridized carbons (Fsp3) is 0.588. The molecule has 0 bridgehead atoms. The Hall–Kier alpha value is -4.45. The van der Waals surface area contributed by atoms with Crippen LogP contribution in [0.2, 0.25) is 0 Å². The van der Waals surface area contributed by atoms with Crippen LogP contribution in [0.4, 0.5) is 22.0 Å². The number of benzene rings is 1. The number of rotatable bonds is 22. The number of imide groups is 1. The normalized spacial score (nSPS) is 13.7. The molecule has 0 aliphatic carbocycles. The molecule has 0 unspecified atom stereocenters. The van der Waals surface area contributed by atoms with E-state index in [1.165, 1.54) is 0 Å². The van der Waals surface area contributed by atoms with E-state index in [9.17, 15) is 50.7 Å². The van der Waals surface area contributed by atoms with Crippen molar-refractivity contribution in [3.8, 4) is 5.75 Å². The maximum atomic E-state index is 13.9. The van der Waals surface area contributed by atoms with Crippen molar-refractivity contribution in [3.63, 3.8) is 0 Å². The second-order valence-electron chi connectivity index (χ2n) is 13.1. The quantitative estimate of drug-likeness (QED) is 0.0307. The molecule has 0 aromatic heterocycles. The van der Waals surface area contributed by atoms with Gasteiger partial charge in [0.05, 0.1) is 24.2 Å². The molecular formula is C34H45F5N4O9. The lowest BCUT2D eigenvalue weighted by molar-refractivity contribution is -0.137. The Labute approximate surface area is 298 Å². The summed E-state index contributed by atoms with van der Waals surface area (Å²) in [7, 11) is 1.59. The van der Waals surface area contributed by atoms with E-state index < -0.39 is 101 Å². The summed E-state index contributed by atoms with van der Waals surface area (Å²) in [5.74, 6) is -17.8. The number of amides is 5. The number of carbonyl (C=O) groups is 6. The lowest BCUT2D eigenvalue weighted by Crippen LogP contribution is -2.53. The molecule has 1 heterocycles. The number of hydrogen-bond donors (Lipinski definition) is 3. The van der Waals surface area contributed by atoms with Crippen molar-refractivity contribution in [1.82, 2.24) is 20.9 Å². The first-order valence-corrected chi connectivity index (χ1v) is 16.6. The average Bonchev–Trinajstić information content (AvgIpc) is 3.41. The molecule has 5 amide bonds. The number of ether oxygens (including phenoxy) is 3. The number of methoxy groups -OCH3 is 1. The van der Waals surface area contributed by atoms with Crippen LogP contribution < -0.4 is 20.7 Å². The molecule has 1 aliphatic rings. The van der Waals surface area contributed by atoms with E-state index in [2.05, 4.69) is 20.7 Å². The van der Waals surface area contributed by atoms with Crippen molar-refractivity contribution < 1.29 is 64.9 Å². The van der Waals surface area contributed by atoms with Gasteiger partial charge < -0.3 is 30.2 Å². The van der Waals surface area contributed by atoms with E-state index in [0.29, 0.717) is 38.7 Å². The summed E-state index contributed by atoms with van der Waals surface area (Å²) >= 11 is 0. The molecule has 0 fully saturated rings. The highest BCUT2D eigenvalue weighted by molar-refractivity contribution is 6.12. The zero-order chi connectivity index (χ0) is 39.2. The summed E-state index contributed by atoms with van der Waals surface area (Å²) in [6.45, 7) is 7.08. The van der Waals surface area contributed by atoms with Gasteiger partial charge in [-0.2, -0.15) is 8.78 Å². The number of unbranched alkanes of at least 4 members (excludes halogenated alkanes) is 2. The van der Waals surface area contributed by atoms with Gasteiger partial charge in [0.1, 0.15) is 6.04 Å². The molecule has 18 heteroatoms. The predicted octanol–water partition coefficient (Wildman–Crippen LogP) is 3.27. The first-order chi connectivity index (χ1) is 24.3. The Morgan fingerprint density at radius 1 is 0.750 bits per heavy atom. The molecule has 1 aromatic carbocycles. The lowest BCUT2D eigenvalue weighted by Gasteiger charge is -2.28. The van der Waals surface area contributed by atoms with E-state index in [1.807, 2.05) is 27.7 Å². The zero-order valence-corrected chi connectivity index (χ0v) is 29.7. The maximum absolute atomic E-state index is 13.9. The summed E-state index contributed by atoms with van der Waals surface area (Å²) in [5.41, 5.74) is -1.07. The molecule has 290 valence electrons. The largest absolute Gasteiger partial charge is 0.420 e. The number of nitrogens with one attached hydrogen (secondary N) is 3. The van der Waals surface area contributed by atoms with Gasteiger partial charge in [-0.25, -0.2) is 13.2 Å². The van der Waals surface area contributed by atoms with E-state index >= 15 is 0 Å². The third-order valence-corrected chi connectivity index (χ3v) is 8.06. The third-order valence-electron chi connectivity index (χ3n) is 8.06. The van der Waals surface area contributed by atoms with Crippen LogP contribution in [0.3, 0.4) is 0 Å². The van der Waals surface area contributed by atoms with Crippen LogP contribution in [0.15, 0.2) is 12.2 Å². The van der Waals surface area contributed by atoms with Crippen molar-refractivity contribution in [2.75, 3.05) is 33.4 Å². The Morgan fingerprint density at radius 2 is 1.35 bits per heavy atom. The van der Waals surface area contributed by atoms with Crippen molar-refractivity contribution in [2.24, 2.45) is 0 Å². The second kappa shape index (κ2) is 20.0. The molecule has 1 aliphatic heterocycles. The van der Waals surface area contributed by atoms with Crippen LogP contribution >= 0.6 is 0 Å². The summed E-state index contributed by atoms with van der Waals surface area (Å²) in [6, 6.07) is -1.35. The molecule has 1 atom stereocenters. The van der Waals surface area contributed by atoms with E-state index in [4.69, 9.17) is 9.47 Å². The van der Waals surface area contributed by atoms with E-state index in [0.717, 1.165) is 17.1 Å². The third kappa shape index (κ3) is 13.9. The molecule has 2 rings (SSSR count). The molecule has 13 nitrogen and oxygen atoms in total. The molecular weight excluding hydrogens is 703 g/mol. The van der Waals surface area contributed by atoms with Crippen LogP contribution in [0.5, 0.6) is 5.75 Å². The zero-order valence-electron chi connectivity index (χ0n) is 29.7. The molecule has 0 radical (unpaired) electrons. The summed E-state index contributed by atoms with van der Waals surface area (Å²) in [6.07, 6.45) is 3.64. The standard InChI is InChI=1S/C34H45F5N4O9/c1-33(2,50-5)15-18-51-34(3,4)14-12-21(44)41-19-20(42-22(45)9-7-6-8-17-43-23(46)10-11-24(43)47)32(49)40-16-13-25(48)52-31-29(38)27(36)26(35)28(37)30(31)39/h10-11,20H,6-9,12-19H2,1-5H3,(H,40,49)(H,41,44)(H,42,45)/t20-/m0/s1. The Kier molecular flexibility index (Phi) is 16.8. The number of carbonyl (C=O) groups excluding carboxylic acids is 6. The van der Waals surface area contributed by atoms with Crippen molar-refractivity contribution >= 4 is 35.5 Å². The maximum Gasteiger partial charge on any atom is 0.313 e. The number of halogens is 5. The predicted molar refractivity (Wildman–Crippen MR) is 174 cm³/mol. The van der Waals surface area contributed by atoms with Gasteiger partial charge in [0.2, 0.25) is 52.6 Å². The molecule has 0 saturated carbocycles. The number of nitrogens with zero attached hydrogens (tertiary/aromatic N) is 1. The van der Waals surface area contributed by atoms with Crippen LogP contribution in [-0.4, -0.2) is 91.0 Å². The fourth-order valence-electron chi connectivity index (χ4n) is 4.58. The van der Waals surface area contributed by atoms with Gasteiger partial charge in [0.25, 0.3) is 11.8 Å². The van der Waals surface area contributed by atoms with Gasteiger partial charge in [-0.15, -0.1) is 0 Å². The summed E-state index contributed by atoms with van der Waals surface area (Å²) in [4.78, 5) is 74.9. The smallest absolute Gasteiger partial charge is 0.313 e. The van der Waals surface area contributed by atoms with Gasteiger partial charge >= 0.3 is 5.97 Å². The minimum absolute atomic E-state index is 0.00400. The van der Waals surface area contributed by atoms with Gasteiger partial charge in [0.15, 0.2) is 0 Å². The highest BCUT2D eigenvalue weighted by Gasteiger charge is 2.29. The van der Waals surface area contributed by atoms with Crippen molar-refractivity contribution in [1.29, 1.82) is 0 Å². The topological polar surface area (TPSA) is 169 Å². The Bertz CT molecular complexity index is 1470. The molecule has 1 aromatic rings. The van der Waals surface area contributed by atoms with Crippen molar-refractivity contribution in [3.05, 3.63) is 41.2 Å². The lowest BCUT2D eigenvalue weighted by atomic mass is 10.0. The van der Waals surface area contributed by atoms with E-state index in [1.54, 1.807) is 7.11 Å². The minimum atomic E-state index is -2.44. The summed E-state index contributed by atoms with van der Waals surface area (Å²) in [5, 5.41) is 7.34. The highest BCUT2D eigenvalue weighted by atomic mass is 19.2. The van der Waals surface area contributed by atoms with Crippen LogP contribution in [0.25, 0.3) is 0 Å². The average molecular weight is 749 g/mol.